The van der Waals surface area contributed by atoms with E-state index < -0.39 is 0 Å². The second kappa shape index (κ2) is 6.06. The number of benzene rings is 1. The highest BCUT2D eigenvalue weighted by Gasteiger charge is 2.00. The molecule has 1 aromatic rings. The zero-order valence-corrected chi connectivity index (χ0v) is 9.38. The quantitative estimate of drug-likeness (QED) is 0.600. The van der Waals surface area contributed by atoms with Crippen LogP contribution < -0.4 is 0 Å². The second-order valence-electron chi connectivity index (χ2n) is 3.09. The molecule has 1 atom stereocenters. The summed E-state index contributed by atoms with van der Waals surface area (Å²) >= 11 is 1.76. The fourth-order valence-electron chi connectivity index (χ4n) is 1.09. The molecule has 0 bridgehead atoms. The molecule has 0 aliphatic heterocycles. The maximum absolute atomic E-state index is 9.30. The van der Waals surface area contributed by atoms with Gasteiger partial charge >= 0.3 is 0 Å². The standard InChI is InChI=1S/C11H16O2S/c1-9(12)10-3-5-11(6-4-10)14-8-7-13-2/h3-6,9,12H,7-8H2,1-2H3. The first-order valence-corrected chi connectivity index (χ1v) is 5.62. The highest BCUT2D eigenvalue weighted by molar-refractivity contribution is 7.99. The Hall–Kier alpha value is -0.510. The number of hydrogen-bond donors (Lipinski definition) is 1. The molecule has 0 saturated heterocycles. The number of ether oxygens (including phenoxy) is 1. The Bertz CT molecular complexity index is 256. The third kappa shape index (κ3) is 3.70. The lowest BCUT2D eigenvalue weighted by Crippen LogP contribution is -1.92. The van der Waals surface area contributed by atoms with Crippen molar-refractivity contribution < 1.29 is 9.84 Å². The first-order valence-electron chi connectivity index (χ1n) is 4.64. The van der Waals surface area contributed by atoms with Crippen LogP contribution in [0.2, 0.25) is 0 Å². The van der Waals surface area contributed by atoms with Crippen molar-refractivity contribution in [2.24, 2.45) is 0 Å². The van der Waals surface area contributed by atoms with Crippen LogP contribution in [-0.2, 0) is 4.74 Å². The van der Waals surface area contributed by atoms with Gasteiger partial charge in [-0.05, 0) is 24.6 Å². The lowest BCUT2D eigenvalue weighted by atomic mass is 10.1. The van der Waals surface area contributed by atoms with Crippen LogP contribution in [0.15, 0.2) is 29.2 Å². The molecule has 0 spiro atoms. The van der Waals surface area contributed by atoms with E-state index in [0.29, 0.717) is 0 Å². The van der Waals surface area contributed by atoms with Crippen molar-refractivity contribution in [2.75, 3.05) is 19.5 Å². The van der Waals surface area contributed by atoms with Crippen molar-refractivity contribution in [1.29, 1.82) is 0 Å². The molecular weight excluding hydrogens is 196 g/mol. The molecule has 0 fully saturated rings. The summed E-state index contributed by atoms with van der Waals surface area (Å²) < 4.78 is 4.96. The van der Waals surface area contributed by atoms with E-state index in [0.717, 1.165) is 17.9 Å². The van der Waals surface area contributed by atoms with Crippen molar-refractivity contribution in [3.05, 3.63) is 29.8 Å². The van der Waals surface area contributed by atoms with Gasteiger partial charge in [0.25, 0.3) is 0 Å². The Morgan fingerprint density at radius 3 is 2.50 bits per heavy atom. The van der Waals surface area contributed by atoms with Gasteiger partial charge < -0.3 is 9.84 Å². The Morgan fingerprint density at radius 1 is 1.36 bits per heavy atom. The first kappa shape index (κ1) is 11.6. The third-order valence-electron chi connectivity index (χ3n) is 1.92. The Labute approximate surface area is 89.3 Å². The fraction of sp³-hybridized carbons (Fsp3) is 0.455. The van der Waals surface area contributed by atoms with Crippen molar-refractivity contribution in [2.45, 2.75) is 17.9 Å². The Kier molecular flexibility index (Phi) is 5.01. The predicted octanol–water partition coefficient (Wildman–Crippen LogP) is 2.48. The van der Waals surface area contributed by atoms with Crippen LogP contribution >= 0.6 is 11.8 Å². The number of aliphatic hydroxyl groups is 1. The second-order valence-corrected chi connectivity index (χ2v) is 4.25. The zero-order chi connectivity index (χ0) is 10.4. The smallest absolute Gasteiger partial charge is 0.0761 e. The van der Waals surface area contributed by atoms with Crippen LogP contribution in [0.5, 0.6) is 0 Å². The Morgan fingerprint density at radius 2 is 2.00 bits per heavy atom. The van der Waals surface area contributed by atoms with Gasteiger partial charge in [0.05, 0.1) is 12.7 Å². The fourth-order valence-corrected chi connectivity index (χ4v) is 1.90. The van der Waals surface area contributed by atoms with Gasteiger partial charge in [0.1, 0.15) is 0 Å². The number of methoxy groups -OCH3 is 1. The summed E-state index contributed by atoms with van der Waals surface area (Å²) in [5, 5.41) is 9.30. The minimum Gasteiger partial charge on any atom is -0.389 e. The topological polar surface area (TPSA) is 29.5 Å². The molecule has 0 heterocycles. The van der Waals surface area contributed by atoms with Gasteiger partial charge in [-0.3, -0.25) is 0 Å². The molecule has 0 aromatic heterocycles. The molecule has 0 saturated carbocycles. The molecule has 1 aromatic carbocycles. The average molecular weight is 212 g/mol. The highest BCUT2D eigenvalue weighted by Crippen LogP contribution is 2.20. The molecule has 3 heteroatoms. The number of thioether (sulfide) groups is 1. The van der Waals surface area contributed by atoms with Crippen LogP contribution in [0.25, 0.3) is 0 Å². The largest absolute Gasteiger partial charge is 0.389 e. The maximum atomic E-state index is 9.30. The minimum absolute atomic E-state index is 0.381. The summed E-state index contributed by atoms with van der Waals surface area (Å²) in [6.45, 7) is 2.54. The van der Waals surface area contributed by atoms with Crippen molar-refractivity contribution in [3.8, 4) is 0 Å². The maximum Gasteiger partial charge on any atom is 0.0761 e. The molecule has 1 rings (SSSR count). The third-order valence-corrected chi connectivity index (χ3v) is 2.89. The Balaban J connectivity index is 2.47. The summed E-state index contributed by atoms with van der Waals surface area (Å²) in [6, 6.07) is 7.98. The molecule has 0 aliphatic rings. The van der Waals surface area contributed by atoms with Gasteiger partial charge in [-0.15, -0.1) is 11.8 Å². The highest BCUT2D eigenvalue weighted by atomic mass is 32.2. The van der Waals surface area contributed by atoms with Gasteiger partial charge in [0, 0.05) is 17.8 Å². The van der Waals surface area contributed by atoms with E-state index >= 15 is 0 Å². The molecule has 0 aliphatic carbocycles. The van der Waals surface area contributed by atoms with Crippen molar-refractivity contribution in [1.82, 2.24) is 0 Å². The summed E-state index contributed by atoms with van der Waals surface area (Å²) in [7, 11) is 1.71. The molecule has 0 amide bonds. The predicted molar refractivity (Wildman–Crippen MR) is 59.7 cm³/mol. The lowest BCUT2D eigenvalue weighted by molar-refractivity contribution is 0.199. The number of aliphatic hydroxyl groups excluding tert-OH is 1. The molecule has 0 radical (unpaired) electrons. The molecule has 1 N–H and O–H groups in total. The van der Waals surface area contributed by atoms with E-state index in [1.807, 2.05) is 24.3 Å². The monoisotopic (exact) mass is 212 g/mol. The number of rotatable bonds is 5. The van der Waals surface area contributed by atoms with E-state index in [4.69, 9.17) is 4.74 Å². The van der Waals surface area contributed by atoms with E-state index in [1.54, 1.807) is 25.8 Å². The summed E-state index contributed by atoms with van der Waals surface area (Å²) in [5.74, 6) is 0.963. The normalized spacial score (nSPS) is 12.8. The molecular formula is C11H16O2S. The van der Waals surface area contributed by atoms with E-state index in [9.17, 15) is 5.11 Å². The molecule has 14 heavy (non-hydrogen) atoms. The summed E-state index contributed by atoms with van der Waals surface area (Å²) in [5.41, 5.74) is 0.959. The van der Waals surface area contributed by atoms with Crippen LogP contribution in [0, 0.1) is 0 Å². The minimum atomic E-state index is -0.381. The lowest BCUT2D eigenvalue weighted by Gasteiger charge is -2.05. The molecule has 2 nitrogen and oxygen atoms in total. The SMILES string of the molecule is COCCSc1ccc(C(C)O)cc1. The first-order chi connectivity index (χ1) is 6.74. The van der Waals surface area contributed by atoms with Crippen LogP contribution in [0.3, 0.4) is 0 Å². The van der Waals surface area contributed by atoms with E-state index in [1.165, 1.54) is 4.90 Å². The zero-order valence-electron chi connectivity index (χ0n) is 8.56. The van der Waals surface area contributed by atoms with Gasteiger partial charge in [-0.25, -0.2) is 0 Å². The van der Waals surface area contributed by atoms with Gasteiger partial charge in [-0.1, -0.05) is 12.1 Å². The van der Waals surface area contributed by atoms with Crippen LogP contribution in [0.1, 0.15) is 18.6 Å². The van der Waals surface area contributed by atoms with Gasteiger partial charge in [-0.2, -0.15) is 0 Å². The van der Waals surface area contributed by atoms with Gasteiger partial charge in [0.15, 0.2) is 0 Å². The van der Waals surface area contributed by atoms with Crippen LogP contribution in [-0.4, -0.2) is 24.6 Å². The molecule has 78 valence electrons. The van der Waals surface area contributed by atoms with Crippen LogP contribution in [0.4, 0.5) is 0 Å². The number of hydrogen-bond acceptors (Lipinski definition) is 3. The summed E-state index contributed by atoms with van der Waals surface area (Å²) in [4.78, 5) is 1.21. The van der Waals surface area contributed by atoms with E-state index in [-0.39, 0.29) is 6.10 Å². The van der Waals surface area contributed by atoms with E-state index in [2.05, 4.69) is 0 Å². The van der Waals surface area contributed by atoms with Crippen molar-refractivity contribution >= 4 is 11.8 Å². The average Bonchev–Trinajstić information content (AvgIpc) is 2.19. The van der Waals surface area contributed by atoms with Gasteiger partial charge in [0.2, 0.25) is 0 Å². The van der Waals surface area contributed by atoms with Crippen molar-refractivity contribution in [3.63, 3.8) is 0 Å². The molecule has 1 unspecified atom stereocenters. The summed E-state index contributed by atoms with van der Waals surface area (Å²) in [6.07, 6.45) is -0.381.